The second-order valence-corrected chi connectivity index (χ2v) is 5.64. The van der Waals surface area contributed by atoms with Gasteiger partial charge in [-0.2, -0.15) is 0 Å². The molecular weight excluding hydrogens is 264 g/mol. The van der Waals surface area contributed by atoms with Crippen LogP contribution in [-0.2, 0) is 0 Å². The van der Waals surface area contributed by atoms with E-state index in [9.17, 15) is 4.79 Å². The Morgan fingerprint density at radius 1 is 1.21 bits per heavy atom. The molecule has 1 saturated carbocycles. The summed E-state index contributed by atoms with van der Waals surface area (Å²) in [5.41, 5.74) is 0.328. The molecule has 1 aliphatic heterocycles. The van der Waals surface area contributed by atoms with Crippen molar-refractivity contribution in [3.63, 3.8) is 0 Å². The molecule has 0 atom stereocenters. The molecule has 1 aromatic rings. The number of nitrogens with one attached hydrogen (secondary N) is 1. The number of piperidine rings is 1. The predicted molar refractivity (Wildman–Crippen MR) is 72.1 cm³/mol. The Morgan fingerprint density at radius 2 is 1.95 bits per heavy atom. The molecule has 3 rings (SSSR count). The number of carbonyl (C=O) groups excluding carboxylic acids is 1. The summed E-state index contributed by atoms with van der Waals surface area (Å²) in [6.07, 6.45) is 4.72. The van der Waals surface area contributed by atoms with E-state index in [1.54, 1.807) is 12.1 Å². The lowest BCUT2D eigenvalue weighted by Gasteiger charge is -2.32. The zero-order valence-electron chi connectivity index (χ0n) is 10.7. The third-order valence-corrected chi connectivity index (χ3v) is 3.99. The first kappa shape index (κ1) is 12.8. The van der Waals surface area contributed by atoms with Crippen LogP contribution in [0.1, 0.15) is 36.2 Å². The SMILES string of the molecule is O=C(NC1CCN(C2CC2)CC1)c1ccc(Cl)nn1. The van der Waals surface area contributed by atoms with Crippen molar-refractivity contribution in [2.75, 3.05) is 13.1 Å². The number of halogens is 1. The molecule has 1 aromatic heterocycles. The molecule has 0 spiro atoms. The van der Waals surface area contributed by atoms with E-state index < -0.39 is 0 Å². The number of amides is 1. The van der Waals surface area contributed by atoms with E-state index in [0.717, 1.165) is 32.0 Å². The first-order valence-electron chi connectivity index (χ1n) is 6.76. The molecule has 2 aliphatic rings. The lowest BCUT2D eigenvalue weighted by Crippen LogP contribution is -2.45. The minimum absolute atomic E-state index is 0.158. The summed E-state index contributed by atoms with van der Waals surface area (Å²) in [7, 11) is 0. The van der Waals surface area contributed by atoms with Gasteiger partial charge in [-0.25, -0.2) is 0 Å². The van der Waals surface area contributed by atoms with Crippen LogP contribution in [0.15, 0.2) is 12.1 Å². The fourth-order valence-corrected chi connectivity index (χ4v) is 2.65. The molecule has 2 fully saturated rings. The van der Waals surface area contributed by atoms with Gasteiger partial charge >= 0.3 is 0 Å². The van der Waals surface area contributed by atoms with Crippen LogP contribution in [0.4, 0.5) is 0 Å². The first-order chi connectivity index (χ1) is 9.22. The lowest BCUT2D eigenvalue weighted by atomic mass is 10.0. The minimum Gasteiger partial charge on any atom is -0.348 e. The largest absolute Gasteiger partial charge is 0.348 e. The van der Waals surface area contributed by atoms with Gasteiger partial charge in [0.1, 0.15) is 0 Å². The van der Waals surface area contributed by atoms with Crippen LogP contribution >= 0.6 is 11.6 Å². The average molecular weight is 281 g/mol. The Balaban J connectivity index is 1.51. The number of rotatable bonds is 3. The van der Waals surface area contributed by atoms with Gasteiger partial charge in [0.25, 0.3) is 5.91 Å². The maximum atomic E-state index is 12.0. The van der Waals surface area contributed by atoms with E-state index in [-0.39, 0.29) is 11.9 Å². The molecule has 5 nitrogen and oxygen atoms in total. The van der Waals surface area contributed by atoms with Crippen LogP contribution in [0.2, 0.25) is 5.15 Å². The predicted octanol–water partition coefficient (Wildman–Crippen LogP) is 1.49. The monoisotopic (exact) mass is 280 g/mol. The van der Waals surface area contributed by atoms with Gasteiger partial charge in [-0.1, -0.05) is 11.6 Å². The van der Waals surface area contributed by atoms with Gasteiger partial charge in [0.2, 0.25) is 0 Å². The molecule has 1 amide bonds. The van der Waals surface area contributed by atoms with Gasteiger partial charge in [0, 0.05) is 25.2 Å². The van der Waals surface area contributed by atoms with E-state index in [1.165, 1.54) is 12.8 Å². The van der Waals surface area contributed by atoms with Crippen molar-refractivity contribution >= 4 is 17.5 Å². The minimum atomic E-state index is -0.158. The molecule has 19 heavy (non-hydrogen) atoms. The quantitative estimate of drug-likeness (QED) is 0.911. The van der Waals surface area contributed by atoms with Gasteiger partial charge in [0.15, 0.2) is 10.8 Å². The Bertz CT molecular complexity index is 452. The van der Waals surface area contributed by atoms with Gasteiger partial charge in [-0.15, -0.1) is 10.2 Å². The summed E-state index contributed by atoms with van der Waals surface area (Å²) in [6, 6.07) is 4.25. The highest BCUT2D eigenvalue weighted by Gasteiger charge is 2.32. The third-order valence-electron chi connectivity index (χ3n) is 3.79. The van der Waals surface area contributed by atoms with Crippen LogP contribution in [0.3, 0.4) is 0 Å². The summed E-state index contributed by atoms with van der Waals surface area (Å²) < 4.78 is 0. The number of likely N-dealkylation sites (tertiary alicyclic amines) is 1. The highest BCUT2D eigenvalue weighted by Crippen LogP contribution is 2.29. The fraction of sp³-hybridized carbons (Fsp3) is 0.615. The average Bonchev–Trinajstić information content (AvgIpc) is 3.25. The van der Waals surface area contributed by atoms with Gasteiger partial charge in [0.05, 0.1) is 0 Å². The number of nitrogens with zero attached hydrogens (tertiary/aromatic N) is 3. The molecular formula is C13H17ClN4O. The summed E-state index contributed by atoms with van der Waals surface area (Å²) in [4.78, 5) is 14.5. The highest BCUT2D eigenvalue weighted by atomic mass is 35.5. The lowest BCUT2D eigenvalue weighted by molar-refractivity contribution is 0.0903. The first-order valence-corrected chi connectivity index (χ1v) is 7.14. The standard InChI is InChI=1S/C13H17ClN4O/c14-12-4-3-11(16-17-12)13(19)15-9-5-7-18(8-6-9)10-1-2-10/h3-4,9-10H,1-2,5-8H2,(H,15,19). The summed E-state index contributed by atoms with van der Waals surface area (Å²) >= 11 is 5.65. The number of hydrogen-bond donors (Lipinski definition) is 1. The van der Waals surface area contributed by atoms with E-state index in [1.807, 2.05) is 0 Å². The van der Waals surface area contributed by atoms with Gasteiger partial charge in [-0.3, -0.25) is 4.79 Å². The Morgan fingerprint density at radius 3 is 2.53 bits per heavy atom. The summed E-state index contributed by atoms with van der Waals surface area (Å²) in [5, 5.41) is 10.8. The van der Waals surface area contributed by atoms with Gasteiger partial charge in [-0.05, 0) is 37.8 Å². The fourth-order valence-electron chi connectivity index (χ4n) is 2.55. The van der Waals surface area contributed by atoms with E-state index in [4.69, 9.17) is 11.6 Å². The zero-order chi connectivity index (χ0) is 13.2. The van der Waals surface area contributed by atoms with Crippen LogP contribution in [0.25, 0.3) is 0 Å². The molecule has 1 aliphatic carbocycles. The molecule has 1 saturated heterocycles. The molecule has 0 unspecified atom stereocenters. The summed E-state index contributed by atoms with van der Waals surface area (Å²) in [5.74, 6) is -0.158. The smallest absolute Gasteiger partial charge is 0.272 e. The van der Waals surface area contributed by atoms with Crippen molar-refractivity contribution in [3.05, 3.63) is 23.0 Å². The molecule has 102 valence electrons. The van der Waals surface area contributed by atoms with Crippen molar-refractivity contribution in [2.45, 2.75) is 37.8 Å². The maximum absolute atomic E-state index is 12.0. The number of hydrogen-bond acceptors (Lipinski definition) is 4. The normalized spacial score (nSPS) is 21.3. The molecule has 2 heterocycles. The van der Waals surface area contributed by atoms with Crippen molar-refractivity contribution in [1.29, 1.82) is 0 Å². The van der Waals surface area contributed by atoms with E-state index in [0.29, 0.717) is 10.8 Å². The van der Waals surface area contributed by atoms with E-state index >= 15 is 0 Å². The van der Waals surface area contributed by atoms with Crippen molar-refractivity contribution in [2.24, 2.45) is 0 Å². The molecule has 1 N–H and O–H groups in total. The molecule has 0 radical (unpaired) electrons. The maximum Gasteiger partial charge on any atom is 0.272 e. The zero-order valence-corrected chi connectivity index (χ0v) is 11.4. The van der Waals surface area contributed by atoms with Crippen molar-refractivity contribution < 1.29 is 4.79 Å². The highest BCUT2D eigenvalue weighted by molar-refractivity contribution is 6.29. The number of carbonyl (C=O) groups is 1. The molecule has 0 bridgehead atoms. The van der Waals surface area contributed by atoms with Crippen LogP contribution in [0, 0.1) is 0 Å². The topological polar surface area (TPSA) is 58.1 Å². The Labute approximate surface area is 117 Å². The van der Waals surface area contributed by atoms with Crippen LogP contribution in [-0.4, -0.2) is 46.2 Å². The Kier molecular flexibility index (Phi) is 3.66. The Hall–Kier alpha value is -1.20. The van der Waals surface area contributed by atoms with Crippen LogP contribution < -0.4 is 5.32 Å². The van der Waals surface area contributed by atoms with Crippen molar-refractivity contribution in [1.82, 2.24) is 20.4 Å². The number of aromatic nitrogens is 2. The van der Waals surface area contributed by atoms with Gasteiger partial charge < -0.3 is 10.2 Å². The molecule has 6 heteroatoms. The second kappa shape index (κ2) is 5.43. The van der Waals surface area contributed by atoms with E-state index in [2.05, 4.69) is 20.4 Å². The van der Waals surface area contributed by atoms with Crippen molar-refractivity contribution in [3.8, 4) is 0 Å². The second-order valence-electron chi connectivity index (χ2n) is 5.26. The third kappa shape index (κ3) is 3.22. The molecule has 0 aromatic carbocycles. The summed E-state index contributed by atoms with van der Waals surface area (Å²) in [6.45, 7) is 2.17. The van der Waals surface area contributed by atoms with Crippen LogP contribution in [0.5, 0.6) is 0 Å².